The van der Waals surface area contributed by atoms with Crippen molar-refractivity contribution in [1.29, 1.82) is 0 Å². The number of carboxylic acids is 1. The SMILES string of the molecule is CCc1ccc(-c2csc(=O)n2CCC(=O)O)cc1. The number of carbonyl (C=O) groups is 1. The van der Waals surface area contributed by atoms with Crippen molar-refractivity contribution in [2.75, 3.05) is 0 Å². The first-order chi connectivity index (χ1) is 9.11. The quantitative estimate of drug-likeness (QED) is 0.914. The minimum Gasteiger partial charge on any atom is -0.481 e. The number of rotatable bonds is 5. The van der Waals surface area contributed by atoms with E-state index in [9.17, 15) is 9.59 Å². The Hall–Kier alpha value is -1.88. The molecule has 1 aromatic carbocycles. The van der Waals surface area contributed by atoms with Gasteiger partial charge in [-0.05, 0) is 17.5 Å². The molecule has 0 amide bonds. The number of nitrogens with zero attached hydrogens (tertiary/aromatic N) is 1. The molecule has 0 bridgehead atoms. The summed E-state index contributed by atoms with van der Waals surface area (Å²) in [5, 5.41) is 10.5. The third kappa shape index (κ3) is 3.12. The van der Waals surface area contributed by atoms with E-state index in [-0.39, 0.29) is 17.8 Å². The molecule has 0 unspecified atom stereocenters. The van der Waals surface area contributed by atoms with Gasteiger partial charge < -0.3 is 5.11 Å². The van der Waals surface area contributed by atoms with Crippen LogP contribution in [0.2, 0.25) is 0 Å². The van der Waals surface area contributed by atoms with Crippen LogP contribution in [0, 0.1) is 0 Å². The van der Waals surface area contributed by atoms with Crippen molar-refractivity contribution >= 4 is 17.3 Å². The standard InChI is InChI=1S/C14H15NO3S/c1-2-10-3-5-11(6-4-10)12-9-19-14(18)15(12)8-7-13(16)17/h3-6,9H,2,7-8H2,1H3,(H,16,17). The second-order valence-electron chi connectivity index (χ2n) is 4.23. The number of benzene rings is 1. The summed E-state index contributed by atoms with van der Waals surface area (Å²) in [6.45, 7) is 2.30. The van der Waals surface area contributed by atoms with Gasteiger partial charge in [0, 0.05) is 11.9 Å². The molecule has 0 atom stereocenters. The monoisotopic (exact) mass is 277 g/mol. The summed E-state index contributed by atoms with van der Waals surface area (Å²) in [5.41, 5.74) is 2.97. The second-order valence-corrected chi connectivity index (χ2v) is 5.05. The lowest BCUT2D eigenvalue weighted by atomic mass is 10.1. The molecule has 1 aromatic heterocycles. The van der Waals surface area contributed by atoms with Gasteiger partial charge in [0.2, 0.25) is 0 Å². The van der Waals surface area contributed by atoms with Crippen LogP contribution < -0.4 is 4.87 Å². The van der Waals surface area contributed by atoms with E-state index in [2.05, 4.69) is 6.92 Å². The van der Waals surface area contributed by atoms with Gasteiger partial charge in [-0.1, -0.05) is 42.5 Å². The van der Waals surface area contributed by atoms with Gasteiger partial charge in [-0.2, -0.15) is 0 Å². The molecule has 0 aliphatic heterocycles. The lowest BCUT2D eigenvalue weighted by molar-refractivity contribution is -0.137. The number of aryl methyl sites for hydroxylation is 1. The van der Waals surface area contributed by atoms with Crippen LogP contribution in [0.4, 0.5) is 0 Å². The summed E-state index contributed by atoms with van der Waals surface area (Å²) < 4.78 is 1.53. The molecule has 0 aliphatic rings. The van der Waals surface area contributed by atoms with Gasteiger partial charge in [0.25, 0.3) is 0 Å². The fraction of sp³-hybridized carbons (Fsp3) is 0.286. The van der Waals surface area contributed by atoms with Crippen LogP contribution in [-0.4, -0.2) is 15.6 Å². The molecule has 2 rings (SSSR count). The van der Waals surface area contributed by atoms with E-state index in [1.165, 1.54) is 10.1 Å². The van der Waals surface area contributed by atoms with E-state index in [0.717, 1.165) is 29.0 Å². The molecule has 0 aliphatic carbocycles. The van der Waals surface area contributed by atoms with Gasteiger partial charge >= 0.3 is 10.8 Å². The molecule has 100 valence electrons. The highest BCUT2D eigenvalue weighted by Gasteiger charge is 2.10. The summed E-state index contributed by atoms with van der Waals surface area (Å²) in [6, 6.07) is 7.99. The van der Waals surface area contributed by atoms with Gasteiger partial charge in [0.05, 0.1) is 12.1 Å². The molecule has 19 heavy (non-hydrogen) atoms. The number of thiazole rings is 1. The Morgan fingerprint density at radius 2 is 2.00 bits per heavy atom. The summed E-state index contributed by atoms with van der Waals surface area (Å²) in [5.74, 6) is -0.898. The molecular formula is C14H15NO3S. The van der Waals surface area contributed by atoms with Crippen molar-refractivity contribution in [2.45, 2.75) is 26.3 Å². The minimum absolute atomic E-state index is 0.0450. The number of hydrogen-bond donors (Lipinski definition) is 1. The molecule has 0 fully saturated rings. The number of aliphatic carboxylic acids is 1. The third-order valence-electron chi connectivity index (χ3n) is 2.99. The van der Waals surface area contributed by atoms with E-state index < -0.39 is 5.97 Å². The summed E-state index contributed by atoms with van der Waals surface area (Å²) in [6.07, 6.45) is 0.923. The highest BCUT2D eigenvalue weighted by atomic mass is 32.1. The Kier molecular flexibility index (Phi) is 4.16. The van der Waals surface area contributed by atoms with E-state index in [1.54, 1.807) is 5.38 Å². The Bertz CT molecular complexity index is 625. The zero-order valence-electron chi connectivity index (χ0n) is 10.6. The van der Waals surface area contributed by atoms with E-state index in [1.807, 2.05) is 24.3 Å². The van der Waals surface area contributed by atoms with Gasteiger partial charge in [-0.3, -0.25) is 14.2 Å². The van der Waals surface area contributed by atoms with Gasteiger partial charge in [-0.25, -0.2) is 0 Å². The smallest absolute Gasteiger partial charge is 0.307 e. The fourth-order valence-corrected chi connectivity index (χ4v) is 2.68. The normalized spacial score (nSPS) is 10.6. The maximum Gasteiger partial charge on any atom is 0.307 e. The predicted molar refractivity (Wildman–Crippen MR) is 75.6 cm³/mol. The topological polar surface area (TPSA) is 59.3 Å². The summed E-state index contributed by atoms with van der Waals surface area (Å²) >= 11 is 1.10. The lowest BCUT2D eigenvalue weighted by Crippen LogP contribution is -2.16. The van der Waals surface area contributed by atoms with E-state index >= 15 is 0 Å². The first-order valence-corrected chi connectivity index (χ1v) is 6.99. The van der Waals surface area contributed by atoms with Crippen molar-refractivity contribution < 1.29 is 9.90 Å². The highest BCUT2D eigenvalue weighted by Crippen LogP contribution is 2.21. The van der Waals surface area contributed by atoms with Crippen LogP contribution >= 0.6 is 11.3 Å². The van der Waals surface area contributed by atoms with Crippen LogP contribution in [-0.2, 0) is 17.8 Å². The van der Waals surface area contributed by atoms with Gasteiger partial charge in [-0.15, -0.1) is 0 Å². The summed E-state index contributed by atoms with van der Waals surface area (Å²) in [7, 11) is 0. The molecule has 4 nitrogen and oxygen atoms in total. The van der Waals surface area contributed by atoms with Gasteiger partial charge in [0.1, 0.15) is 0 Å². The van der Waals surface area contributed by atoms with Crippen molar-refractivity contribution in [2.24, 2.45) is 0 Å². The fourth-order valence-electron chi connectivity index (χ4n) is 1.89. The van der Waals surface area contributed by atoms with Crippen molar-refractivity contribution in [3.8, 4) is 11.3 Å². The van der Waals surface area contributed by atoms with Crippen molar-refractivity contribution in [1.82, 2.24) is 4.57 Å². The average Bonchev–Trinajstić information content (AvgIpc) is 2.78. The average molecular weight is 277 g/mol. The minimum atomic E-state index is -0.898. The van der Waals surface area contributed by atoms with Crippen molar-refractivity contribution in [3.63, 3.8) is 0 Å². The predicted octanol–water partition coefficient (Wildman–Crippen LogP) is 2.61. The molecule has 0 spiro atoms. The van der Waals surface area contributed by atoms with Gasteiger partial charge in [0.15, 0.2) is 0 Å². The molecule has 2 aromatic rings. The van der Waals surface area contributed by atoms with Crippen LogP contribution in [0.15, 0.2) is 34.4 Å². The Morgan fingerprint density at radius 1 is 1.32 bits per heavy atom. The maximum atomic E-state index is 11.7. The Labute approximate surface area is 115 Å². The van der Waals surface area contributed by atoms with E-state index in [0.29, 0.717) is 0 Å². The molecule has 5 heteroatoms. The zero-order valence-corrected chi connectivity index (χ0v) is 11.4. The van der Waals surface area contributed by atoms with Crippen LogP contribution in [0.25, 0.3) is 11.3 Å². The highest BCUT2D eigenvalue weighted by molar-refractivity contribution is 7.07. The number of aromatic nitrogens is 1. The molecule has 0 saturated heterocycles. The van der Waals surface area contributed by atoms with E-state index in [4.69, 9.17) is 5.11 Å². The van der Waals surface area contributed by atoms with Crippen LogP contribution in [0.5, 0.6) is 0 Å². The lowest BCUT2D eigenvalue weighted by Gasteiger charge is -2.07. The van der Waals surface area contributed by atoms with Crippen LogP contribution in [0.1, 0.15) is 18.9 Å². The third-order valence-corrected chi connectivity index (χ3v) is 3.75. The number of carboxylic acid groups (broad SMARTS) is 1. The first-order valence-electron chi connectivity index (χ1n) is 6.11. The first kappa shape index (κ1) is 13.5. The second kappa shape index (κ2) is 5.84. The molecule has 1 heterocycles. The Morgan fingerprint density at radius 3 is 2.58 bits per heavy atom. The molecule has 1 N–H and O–H groups in total. The maximum absolute atomic E-state index is 11.7. The zero-order chi connectivity index (χ0) is 13.8. The molecular weight excluding hydrogens is 262 g/mol. The Balaban J connectivity index is 2.33. The van der Waals surface area contributed by atoms with Crippen molar-refractivity contribution in [3.05, 3.63) is 44.9 Å². The summed E-state index contributed by atoms with van der Waals surface area (Å²) in [4.78, 5) is 22.2. The molecule has 0 radical (unpaired) electrons. The number of hydrogen-bond acceptors (Lipinski definition) is 3. The van der Waals surface area contributed by atoms with Crippen LogP contribution in [0.3, 0.4) is 0 Å². The molecule has 0 saturated carbocycles. The largest absolute Gasteiger partial charge is 0.481 e.